The van der Waals surface area contributed by atoms with Crippen LogP contribution in [0, 0.1) is 0 Å². The molecule has 0 unspecified atom stereocenters. The van der Waals surface area contributed by atoms with E-state index < -0.39 is 0 Å². The maximum absolute atomic E-state index is 12.6. The zero-order valence-electron chi connectivity index (χ0n) is 14.1. The lowest BCUT2D eigenvalue weighted by atomic mass is 10.1. The number of aromatic hydroxyl groups is 1. The Hall–Kier alpha value is -2.34. The van der Waals surface area contributed by atoms with Crippen LogP contribution in [0.2, 0.25) is 0 Å². The van der Waals surface area contributed by atoms with E-state index in [1.807, 2.05) is 25.4 Å². The SMILES string of the molecule is C[C@@H](CCc1ccc(O)cc1)N[C@H]1CCN(c2cnn(C)c2)C1=O. The number of carbonyl (C=O) groups excluding carboxylic acids is 1. The molecular formula is C18H24N4O2. The number of nitrogens with one attached hydrogen (secondary N) is 1. The molecule has 2 heterocycles. The van der Waals surface area contributed by atoms with Gasteiger partial charge in [0.05, 0.1) is 17.9 Å². The summed E-state index contributed by atoms with van der Waals surface area (Å²) in [5.41, 5.74) is 2.06. The van der Waals surface area contributed by atoms with Crippen molar-refractivity contribution in [1.29, 1.82) is 0 Å². The molecule has 0 bridgehead atoms. The fraction of sp³-hybridized carbons (Fsp3) is 0.444. The Bertz CT molecular complexity index is 695. The molecule has 3 rings (SSSR count). The Morgan fingerprint density at radius 1 is 1.38 bits per heavy atom. The van der Waals surface area contributed by atoms with Gasteiger partial charge in [-0.05, 0) is 43.9 Å². The van der Waals surface area contributed by atoms with Gasteiger partial charge in [-0.25, -0.2) is 0 Å². The molecule has 0 spiro atoms. The number of anilines is 1. The second-order valence-corrected chi connectivity index (χ2v) is 6.48. The highest BCUT2D eigenvalue weighted by Gasteiger charge is 2.33. The first-order valence-electron chi connectivity index (χ1n) is 8.37. The highest BCUT2D eigenvalue weighted by Crippen LogP contribution is 2.21. The lowest BCUT2D eigenvalue weighted by Gasteiger charge is -2.19. The monoisotopic (exact) mass is 328 g/mol. The predicted octanol–water partition coefficient (Wildman–Crippen LogP) is 1.84. The second kappa shape index (κ2) is 7.05. The van der Waals surface area contributed by atoms with E-state index in [-0.39, 0.29) is 23.7 Å². The first-order valence-corrected chi connectivity index (χ1v) is 8.37. The van der Waals surface area contributed by atoms with Crippen LogP contribution in [0.5, 0.6) is 5.75 Å². The van der Waals surface area contributed by atoms with Crippen LogP contribution in [0.15, 0.2) is 36.7 Å². The van der Waals surface area contributed by atoms with Gasteiger partial charge in [0.2, 0.25) is 5.91 Å². The summed E-state index contributed by atoms with van der Waals surface area (Å²) in [6.45, 7) is 2.84. The normalized spacial score (nSPS) is 19.0. The smallest absolute Gasteiger partial charge is 0.244 e. The van der Waals surface area contributed by atoms with Crippen LogP contribution < -0.4 is 10.2 Å². The molecule has 2 N–H and O–H groups in total. The van der Waals surface area contributed by atoms with Crippen molar-refractivity contribution in [3.63, 3.8) is 0 Å². The van der Waals surface area contributed by atoms with Crippen molar-refractivity contribution in [1.82, 2.24) is 15.1 Å². The predicted molar refractivity (Wildman–Crippen MR) is 93.0 cm³/mol. The Kier molecular flexibility index (Phi) is 4.85. The molecule has 6 nitrogen and oxygen atoms in total. The topological polar surface area (TPSA) is 70.4 Å². The van der Waals surface area contributed by atoms with E-state index in [1.54, 1.807) is 27.9 Å². The molecule has 24 heavy (non-hydrogen) atoms. The summed E-state index contributed by atoms with van der Waals surface area (Å²) in [5, 5.41) is 16.9. The largest absolute Gasteiger partial charge is 0.508 e. The molecule has 128 valence electrons. The molecule has 0 radical (unpaired) electrons. The van der Waals surface area contributed by atoms with Crippen molar-refractivity contribution >= 4 is 11.6 Å². The molecule has 1 amide bonds. The number of hydrogen-bond donors (Lipinski definition) is 2. The summed E-state index contributed by atoms with van der Waals surface area (Å²) in [6, 6.07) is 7.42. The van der Waals surface area contributed by atoms with Gasteiger partial charge in [0.25, 0.3) is 0 Å². The third kappa shape index (κ3) is 3.76. The van der Waals surface area contributed by atoms with Crippen molar-refractivity contribution in [2.45, 2.75) is 38.3 Å². The van der Waals surface area contributed by atoms with Crippen molar-refractivity contribution in [3.05, 3.63) is 42.2 Å². The fourth-order valence-corrected chi connectivity index (χ4v) is 3.11. The minimum absolute atomic E-state index is 0.125. The fourth-order valence-electron chi connectivity index (χ4n) is 3.11. The summed E-state index contributed by atoms with van der Waals surface area (Å²) < 4.78 is 1.71. The number of carbonyl (C=O) groups is 1. The number of aromatic nitrogens is 2. The number of rotatable bonds is 6. The molecule has 1 aliphatic rings. The summed E-state index contributed by atoms with van der Waals surface area (Å²) in [5.74, 6) is 0.413. The van der Waals surface area contributed by atoms with Gasteiger partial charge in [-0.2, -0.15) is 5.10 Å². The zero-order chi connectivity index (χ0) is 17.1. The molecule has 0 aliphatic carbocycles. The van der Waals surface area contributed by atoms with Gasteiger partial charge in [-0.1, -0.05) is 12.1 Å². The average molecular weight is 328 g/mol. The maximum Gasteiger partial charge on any atom is 0.244 e. The molecule has 1 saturated heterocycles. The van der Waals surface area contributed by atoms with Crippen LogP contribution in [0.3, 0.4) is 0 Å². The summed E-state index contributed by atoms with van der Waals surface area (Å²) in [7, 11) is 1.85. The second-order valence-electron chi connectivity index (χ2n) is 6.48. The Morgan fingerprint density at radius 2 is 2.12 bits per heavy atom. The summed E-state index contributed by atoms with van der Waals surface area (Å²) >= 11 is 0. The number of amides is 1. The standard InChI is InChI=1S/C18H24N4O2/c1-13(3-4-14-5-7-16(23)8-6-14)20-17-9-10-22(18(17)24)15-11-19-21(2)12-15/h5-8,11-13,17,20,23H,3-4,9-10H2,1-2H3/t13-,17-/m0/s1. The van der Waals surface area contributed by atoms with E-state index in [4.69, 9.17) is 0 Å². The Labute approximate surface area is 142 Å². The minimum Gasteiger partial charge on any atom is -0.508 e. The van der Waals surface area contributed by atoms with Crippen LogP contribution in [0.1, 0.15) is 25.3 Å². The maximum atomic E-state index is 12.6. The highest BCUT2D eigenvalue weighted by atomic mass is 16.3. The molecule has 1 aromatic heterocycles. The lowest BCUT2D eigenvalue weighted by Crippen LogP contribution is -2.42. The molecule has 6 heteroatoms. The van der Waals surface area contributed by atoms with Crippen LogP contribution in [0.25, 0.3) is 0 Å². The molecule has 1 fully saturated rings. The van der Waals surface area contributed by atoms with Gasteiger partial charge >= 0.3 is 0 Å². The van der Waals surface area contributed by atoms with E-state index in [0.717, 1.165) is 31.5 Å². The van der Waals surface area contributed by atoms with Gasteiger partial charge in [-0.15, -0.1) is 0 Å². The van der Waals surface area contributed by atoms with Crippen molar-refractivity contribution < 1.29 is 9.90 Å². The lowest BCUT2D eigenvalue weighted by molar-refractivity contribution is -0.119. The molecule has 0 saturated carbocycles. The minimum atomic E-state index is -0.125. The quantitative estimate of drug-likeness (QED) is 0.849. The molecular weight excluding hydrogens is 304 g/mol. The number of phenols is 1. The number of nitrogens with zero attached hydrogens (tertiary/aromatic N) is 3. The van der Waals surface area contributed by atoms with Gasteiger partial charge in [0.15, 0.2) is 0 Å². The number of phenolic OH excluding ortho intramolecular Hbond substituents is 1. The van der Waals surface area contributed by atoms with Crippen LogP contribution >= 0.6 is 0 Å². The third-order valence-corrected chi connectivity index (χ3v) is 4.50. The molecule has 2 atom stereocenters. The van der Waals surface area contributed by atoms with Crippen molar-refractivity contribution in [3.8, 4) is 5.75 Å². The molecule has 1 aliphatic heterocycles. The van der Waals surface area contributed by atoms with Gasteiger partial charge in [0, 0.05) is 25.8 Å². The highest BCUT2D eigenvalue weighted by molar-refractivity contribution is 5.99. The van der Waals surface area contributed by atoms with Crippen molar-refractivity contribution in [2.24, 2.45) is 7.05 Å². The first kappa shape index (κ1) is 16.5. The molecule has 2 aromatic rings. The van der Waals surface area contributed by atoms with Crippen molar-refractivity contribution in [2.75, 3.05) is 11.4 Å². The van der Waals surface area contributed by atoms with Crippen LogP contribution in [-0.4, -0.2) is 39.4 Å². The van der Waals surface area contributed by atoms with E-state index in [0.29, 0.717) is 0 Å². The number of benzene rings is 1. The van der Waals surface area contributed by atoms with Crippen LogP contribution in [0.4, 0.5) is 5.69 Å². The Morgan fingerprint density at radius 3 is 2.79 bits per heavy atom. The van der Waals surface area contributed by atoms with Gasteiger partial charge in [-0.3, -0.25) is 9.48 Å². The third-order valence-electron chi connectivity index (χ3n) is 4.50. The van der Waals surface area contributed by atoms with E-state index in [1.165, 1.54) is 5.56 Å². The average Bonchev–Trinajstić information content (AvgIpc) is 3.13. The number of aryl methyl sites for hydroxylation is 2. The van der Waals surface area contributed by atoms with E-state index in [2.05, 4.69) is 17.3 Å². The van der Waals surface area contributed by atoms with Crippen LogP contribution in [-0.2, 0) is 18.3 Å². The van der Waals surface area contributed by atoms with Gasteiger partial charge < -0.3 is 15.3 Å². The molecule has 1 aromatic carbocycles. The summed E-state index contributed by atoms with van der Waals surface area (Å²) in [4.78, 5) is 14.4. The zero-order valence-corrected chi connectivity index (χ0v) is 14.1. The van der Waals surface area contributed by atoms with E-state index in [9.17, 15) is 9.90 Å². The van der Waals surface area contributed by atoms with Gasteiger partial charge in [0.1, 0.15) is 5.75 Å². The first-order chi connectivity index (χ1) is 11.5. The summed E-state index contributed by atoms with van der Waals surface area (Å²) in [6.07, 6.45) is 6.28. The number of hydrogen-bond acceptors (Lipinski definition) is 4. The van der Waals surface area contributed by atoms with E-state index >= 15 is 0 Å². The Balaban J connectivity index is 1.50.